The van der Waals surface area contributed by atoms with Gasteiger partial charge in [-0.1, -0.05) is 41.4 Å². The Labute approximate surface area is 183 Å². The number of carbonyl (C=O) groups excluding carboxylic acids is 3. The molecule has 0 aromatic heterocycles. The number of esters is 1. The number of carbonyl (C=O) groups is 3. The predicted octanol–water partition coefficient (Wildman–Crippen LogP) is 3.79. The van der Waals surface area contributed by atoms with Crippen LogP contribution in [0.4, 0.5) is 5.69 Å². The Balaban J connectivity index is 1.85. The van der Waals surface area contributed by atoms with E-state index in [0.717, 1.165) is 5.01 Å². The van der Waals surface area contributed by atoms with Crippen molar-refractivity contribution in [3.05, 3.63) is 63.6 Å². The maximum absolute atomic E-state index is 12.7. The lowest BCUT2D eigenvalue weighted by molar-refractivity contribution is -0.150. The van der Waals surface area contributed by atoms with E-state index in [0.29, 0.717) is 11.3 Å². The van der Waals surface area contributed by atoms with Crippen LogP contribution in [0.15, 0.2) is 48.0 Å². The summed E-state index contributed by atoms with van der Waals surface area (Å²) in [4.78, 5) is 36.7. The molecule has 2 aromatic carbocycles. The second kappa shape index (κ2) is 9.19. The van der Waals surface area contributed by atoms with Crippen molar-refractivity contribution in [3.8, 4) is 5.75 Å². The van der Waals surface area contributed by atoms with E-state index in [4.69, 9.17) is 32.7 Å². The van der Waals surface area contributed by atoms with Crippen molar-refractivity contribution in [1.82, 2.24) is 5.43 Å². The number of ether oxygens (including phenoxy) is 2. The van der Waals surface area contributed by atoms with Gasteiger partial charge in [0.25, 0.3) is 11.8 Å². The first kappa shape index (κ1) is 21.7. The van der Waals surface area contributed by atoms with Crippen LogP contribution in [0.3, 0.4) is 0 Å². The normalized spacial score (nSPS) is 15.9. The first-order chi connectivity index (χ1) is 14.3. The highest BCUT2D eigenvalue weighted by Gasteiger charge is 2.34. The van der Waals surface area contributed by atoms with Gasteiger partial charge < -0.3 is 9.47 Å². The van der Waals surface area contributed by atoms with Crippen LogP contribution in [0.1, 0.15) is 19.4 Å². The molecule has 1 N–H and O–H groups in total. The Hall–Kier alpha value is -3.03. The molecule has 3 rings (SSSR count). The molecule has 0 spiro atoms. The van der Waals surface area contributed by atoms with Crippen LogP contribution >= 0.6 is 23.2 Å². The highest BCUT2D eigenvalue weighted by Crippen LogP contribution is 2.36. The minimum Gasteiger partial charge on any atom is -0.476 e. The van der Waals surface area contributed by atoms with Crippen molar-refractivity contribution >= 4 is 52.7 Å². The van der Waals surface area contributed by atoms with Gasteiger partial charge in [-0.2, -0.15) is 0 Å². The Morgan fingerprint density at radius 2 is 1.80 bits per heavy atom. The van der Waals surface area contributed by atoms with Crippen molar-refractivity contribution in [2.24, 2.45) is 0 Å². The summed E-state index contributed by atoms with van der Waals surface area (Å²) in [6.45, 7) is 3.42. The number of hydrogen-bond acceptors (Lipinski definition) is 5. The van der Waals surface area contributed by atoms with Crippen molar-refractivity contribution in [2.75, 3.05) is 11.6 Å². The number of nitrogens with zero attached hydrogens (tertiary/aromatic N) is 1. The molecule has 30 heavy (non-hydrogen) atoms. The second-order valence-electron chi connectivity index (χ2n) is 6.30. The summed E-state index contributed by atoms with van der Waals surface area (Å²) < 4.78 is 10.4. The maximum Gasteiger partial charge on any atom is 0.347 e. The Morgan fingerprint density at radius 3 is 2.40 bits per heavy atom. The lowest BCUT2D eigenvalue weighted by Gasteiger charge is -2.16. The van der Waals surface area contributed by atoms with Crippen LogP contribution < -0.4 is 15.2 Å². The average molecular weight is 449 g/mol. The Bertz CT molecular complexity index is 1000. The molecule has 0 bridgehead atoms. The van der Waals surface area contributed by atoms with E-state index >= 15 is 0 Å². The molecule has 1 atom stereocenters. The number of rotatable bonds is 6. The molecule has 0 aliphatic carbocycles. The molecule has 156 valence electrons. The van der Waals surface area contributed by atoms with Gasteiger partial charge >= 0.3 is 5.97 Å². The molecule has 1 aliphatic heterocycles. The number of para-hydroxylation sites is 1. The van der Waals surface area contributed by atoms with Crippen molar-refractivity contribution in [1.29, 1.82) is 0 Å². The fraction of sp³-hybridized carbons (Fsp3) is 0.190. The lowest BCUT2D eigenvalue weighted by atomic mass is 10.1. The zero-order chi connectivity index (χ0) is 21.8. The maximum atomic E-state index is 12.7. The van der Waals surface area contributed by atoms with Gasteiger partial charge in [-0.25, -0.2) is 9.80 Å². The topological polar surface area (TPSA) is 84.9 Å². The number of hydrazine groups is 1. The summed E-state index contributed by atoms with van der Waals surface area (Å²) in [5.74, 6) is -1.50. The van der Waals surface area contributed by atoms with Crippen LogP contribution in [0.2, 0.25) is 10.0 Å². The monoisotopic (exact) mass is 448 g/mol. The Kier molecular flexibility index (Phi) is 6.64. The molecular formula is C21H18Cl2N2O5. The molecule has 1 aliphatic rings. The van der Waals surface area contributed by atoms with Gasteiger partial charge in [0.1, 0.15) is 5.57 Å². The van der Waals surface area contributed by atoms with Gasteiger partial charge in [0.15, 0.2) is 11.9 Å². The molecule has 2 aromatic rings. The van der Waals surface area contributed by atoms with Crippen molar-refractivity contribution in [3.63, 3.8) is 0 Å². The van der Waals surface area contributed by atoms with Crippen LogP contribution in [0.5, 0.6) is 5.75 Å². The van der Waals surface area contributed by atoms with Gasteiger partial charge in [-0.3, -0.25) is 15.0 Å². The van der Waals surface area contributed by atoms with E-state index in [2.05, 4.69) is 5.43 Å². The third-order valence-corrected chi connectivity index (χ3v) is 4.71. The summed E-state index contributed by atoms with van der Waals surface area (Å²) in [7, 11) is 0. The van der Waals surface area contributed by atoms with Gasteiger partial charge in [0.05, 0.1) is 22.3 Å². The minimum atomic E-state index is -0.911. The first-order valence-electron chi connectivity index (χ1n) is 9.06. The number of hydrogen-bond donors (Lipinski definition) is 1. The van der Waals surface area contributed by atoms with E-state index in [9.17, 15) is 14.4 Å². The number of benzene rings is 2. The molecule has 1 saturated heterocycles. The smallest absolute Gasteiger partial charge is 0.347 e. The standard InChI is InChI=1S/C21H18Cl2N2O5/c1-3-29-21(28)12(2)30-18-16(22)10-13(11-17(18)23)9-15-19(26)24-25(20(15)27)14-7-5-4-6-8-14/h4-12H,3H2,1-2H3,(H,24,26)/b15-9-/t12-/m0/s1. The molecule has 1 heterocycles. The summed E-state index contributed by atoms with van der Waals surface area (Å²) in [5, 5.41) is 1.41. The van der Waals surface area contributed by atoms with E-state index in [1.807, 2.05) is 0 Å². The van der Waals surface area contributed by atoms with E-state index in [-0.39, 0.29) is 28.0 Å². The quantitative estimate of drug-likeness (QED) is 0.412. The molecule has 0 radical (unpaired) electrons. The number of amides is 2. The third-order valence-electron chi connectivity index (χ3n) is 4.15. The van der Waals surface area contributed by atoms with Crippen LogP contribution in [0.25, 0.3) is 6.08 Å². The van der Waals surface area contributed by atoms with Crippen LogP contribution in [-0.4, -0.2) is 30.5 Å². The molecule has 0 saturated carbocycles. The SMILES string of the molecule is CCOC(=O)[C@H](C)Oc1c(Cl)cc(/C=C2/C(=O)NN(c3ccccc3)C2=O)cc1Cl. The van der Waals surface area contributed by atoms with Gasteiger partial charge in [0, 0.05) is 0 Å². The highest BCUT2D eigenvalue weighted by atomic mass is 35.5. The fourth-order valence-electron chi connectivity index (χ4n) is 2.74. The van der Waals surface area contributed by atoms with Crippen LogP contribution in [-0.2, 0) is 19.1 Å². The van der Waals surface area contributed by atoms with Crippen molar-refractivity contribution in [2.45, 2.75) is 20.0 Å². The number of anilines is 1. The summed E-state index contributed by atoms with van der Waals surface area (Å²) in [6, 6.07) is 11.7. The highest BCUT2D eigenvalue weighted by molar-refractivity contribution is 6.37. The largest absolute Gasteiger partial charge is 0.476 e. The van der Waals surface area contributed by atoms with E-state index < -0.39 is 23.9 Å². The van der Waals surface area contributed by atoms with Crippen molar-refractivity contribution < 1.29 is 23.9 Å². The fourth-order valence-corrected chi connectivity index (χ4v) is 3.34. The second-order valence-corrected chi connectivity index (χ2v) is 7.12. The number of halogens is 2. The summed E-state index contributed by atoms with van der Waals surface area (Å²) >= 11 is 12.5. The zero-order valence-electron chi connectivity index (χ0n) is 16.1. The molecule has 1 fully saturated rings. The molecule has 7 nitrogen and oxygen atoms in total. The average Bonchev–Trinajstić information content (AvgIpc) is 2.99. The first-order valence-corrected chi connectivity index (χ1v) is 9.82. The molecular weight excluding hydrogens is 431 g/mol. The number of nitrogens with one attached hydrogen (secondary N) is 1. The van der Waals surface area contributed by atoms with Gasteiger partial charge in [-0.05, 0) is 49.8 Å². The lowest BCUT2D eigenvalue weighted by Crippen LogP contribution is -2.35. The Morgan fingerprint density at radius 1 is 1.17 bits per heavy atom. The van der Waals surface area contributed by atoms with Crippen LogP contribution in [0, 0.1) is 0 Å². The minimum absolute atomic E-state index is 0.0699. The molecule has 2 amide bonds. The van der Waals surface area contributed by atoms with E-state index in [1.54, 1.807) is 37.3 Å². The molecule has 9 heteroatoms. The third kappa shape index (κ3) is 4.58. The van der Waals surface area contributed by atoms with E-state index in [1.165, 1.54) is 25.1 Å². The molecule has 0 unspecified atom stereocenters. The summed E-state index contributed by atoms with van der Waals surface area (Å²) in [5.41, 5.74) is 3.41. The summed E-state index contributed by atoms with van der Waals surface area (Å²) in [6.07, 6.45) is 0.475. The van der Waals surface area contributed by atoms with Gasteiger partial charge in [0.2, 0.25) is 0 Å². The zero-order valence-corrected chi connectivity index (χ0v) is 17.7. The predicted molar refractivity (Wildman–Crippen MR) is 113 cm³/mol. The van der Waals surface area contributed by atoms with Gasteiger partial charge in [-0.15, -0.1) is 0 Å².